The average Bonchev–Trinajstić information content (AvgIpc) is 2.18. The maximum absolute atomic E-state index is 10.4. The molecule has 4 heteroatoms. The zero-order valence-corrected chi connectivity index (χ0v) is 7.31. The van der Waals surface area contributed by atoms with Crippen molar-refractivity contribution in [2.24, 2.45) is 0 Å². The van der Waals surface area contributed by atoms with E-state index in [4.69, 9.17) is 0 Å². The highest BCUT2D eigenvalue weighted by Gasteiger charge is 2.10. The Morgan fingerprint density at radius 2 is 2.14 bits per heavy atom. The van der Waals surface area contributed by atoms with Crippen LogP contribution < -0.4 is 5.32 Å². The number of nitro groups is 1. The molecule has 0 unspecified atom stereocenters. The zero-order valence-electron chi connectivity index (χ0n) is 7.31. The van der Waals surface area contributed by atoms with Gasteiger partial charge in [-0.2, -0.15) is 0 Å². The standard InChI is InChI=1S/C10H8N2O2/c13-12(14)7-8-5-6-11-10-4-2-1-3-9(8)10/h1-7,11H/b8-7+. The minimum Gasteiger partial charge on any atom is -0.361 e. The van der Waals surface area contributed by atoms with Crippen molar-refractivity contribution in [1.82, 2.24) is 0 Å². The fraction of sp³-hybridized carbons (Fsp3) is 0. The zero-order chi connectivity index (χ0) is 9.97. The predicted molar refractivity (Wildman–Crippen MR) is 54.2 cm³/mol. The Balaban J connectivity index is 2.51. The number of benzene rings is 1. The lowest BCUT2D eigenvalue weighted by molar-refractivity contribution is -0.401. The summed E-state index contributed by atoms with van der Waals surface area (Å²) in [6.45, 7) is 0. The van der Waals surface area contributed by atoms with E-state index in [0.717, 1.165) is 17.5 Å². The summed E-state index contributed by atoms with van der Waals surface area (Å²) >= 11 is 0. The summed E-state index contributed by atoms with van der Waals surface area (Å²) < 4.78 is 0. The van der Waals surface area contributed by atoms with Gasteiger partial charge in [0, 0.05) is 17.5 Å². The molecule has 1 heterocycles. The van der Waals surface area contributed by atoms with Crippen molar-refractivity contribution in [3.05, 3.63) is 58.4 Å². The van der Waals surface area contributed by atoms with Gasteiger partial charge in [-0.15, -0.1) is 0 Å². The molecule has 1 aliphatic rings. The fourth-order valence-corrected chi connectivity index (χ4v) is 1.40. The van der Waals surface area contributed by atoms with Crippen LogP contribution >= 0.6 is 0 Å². The molecule has 0 bridgehead atoms. The molecule has 0 amide bonds. The van der Waals surface area contributed by atoms with Gasteiger partial charge in [-0.3, -0.25) is 10.1 Å². The van der Waals surface area contributed by atoms with Gasteiger partial charge in [0.05, 0.1) is 10.5 Å². The Bertz CT molecular complexity index is 436. The summed E-state index contributed by atoms with van der Waals surface area (Å²) in [4.78, 5) is 9.91. The van der Waals surface area contributed by atoms with Crippen LogP contribution in [0.4, 0.5) is 5.69 Å². The molecule has 0 saturated heterocycles. The second kappa shape index (κ2) is 3.33. The lowest BCUT2D eigenvalue weighted by Gasteiger charge is -2.12. The van der Waals surface area contributed by atoms with Crippen molar-refractivity contribution in [3.63, 3.8) is 0 Å². The SMILES string of the molecule is O=[N+]([O-])/C=C1\C=CNc2ccccc21. The van der Waals surface area contributed by atoms with Crippen LogP contribution in [-0.2, 0) is 0 Å². The normalized spacial score (nSPS) is 16.1. The van der Waals surface area contributed by atoms with Crippen LogP contribution in [0.15, 0.2) is 42.7 Å². The highest BCUT2D eigenvalue weighted by Crippen LogP contribution is 2.27. The van der Waals surface area contributed by atoms with E-state index in [1.54, 1.807) is 12.3 Å². The van der Waals surface area contributed by atoms with E-state index in [1.165, 1.54) is 0 Å². The number of hydrogen-bond acceptors (Lipinski definition) is 3. The molecular formula is C10H8N2O2. The minimum atomic E-state index is -0.443. The molecule has 0 radical (unpaired) electrons. The average molecular weight is 188 g/mol. The van der Waals surface area contributed by atoms with E-state index in [0.29, 0.717) is 5.57 Å². The van der Waals surface area contributed by atoms with Gasteiger partial charge < -0.3 is 5.32 Å². The van der Waals surface area contributed by atoms with Crippen molar-refractivity contribution in [2.45, 2.75) is 0 Å². The van der Waals surface area contributed by atoms with Crippen LogP contribution in [0.25, 0.3) is 5.57 Å². The van der Waals surface area contributed by atoms with Gasteiger partial charge >= 0.3 is 0 Å². The van der Waals surface area contributed by atoms with Gasteiger partial charge in [0.2, 0.25) is 6.20 Å². The molecular weight excluding hydrogens is 180 g/mol. The van der Waals surface area contributed by atoms with Crippen LogP contribution in [0.3, 0.4) is 0 Å². The Labute approximate surface area is 80.7 Å². The number of allylic oxidation sites excluding steroid dienone is 2. The second-order valence-corrected chi connectivity index (χ2v) is 2.89. The lowest BCUT2D eigenvalue weighted by Crippen LogP contribution is -2.00. The highest BCUT2D eigenvalue weighted by molar-refractivity contribution is 5.84. The third-order valence-electron chi connectivity index (χ3n) is 1.98. The monoisotopic (exact) mass is 188 g/mol. The first-order valence-corrected chi connectivity index (χ1v) is 4.15. The molecule has 0 aromatic heterocycles. The number of hydrogen-bond donors (Lipinski definition) is 1. The molecule has 1 N–H and O–H groups in total. The first kappa shape index (κ1) is 8.50. The van der Waals surface area contributed by atoms with Gasteiger partial charge in [-0.1, -0.05) is 18.2 Å². The fourth-order valence-electron chi connectivity index (χ4n) is 1.40. The van der Waals surface area contributed by atoms with Gasteiger partial charge in [-0.05, 0) is 12.1 Å². The molecule has 1 aromatic rings. The molecule has 4 nitrogen and oxygen atoms in total. The quantitative estimate of drug-likeness (QED) is 0.543. The number of fused-ring (bicyclic) bond motifs is 1. The van der Waals surface area contributed by atoms with Gasteiger partial charge in [0.1, 0.15) is 0 Å². The Morgan fingerprint density at radius 1 is 1.36 bits per heavy atom. The van der Waals surface area contributed by atoms with Crippen molar-refractivity contribution in [3.8, 4) is 0 Å². The summed E-state index contributed by atoms with van der Waals surface area (Å²) in [6, 6.07) is 7.47. The summed E-state index contributed by atoms with van der Waals surface area (Å²) in [5, 5.41) is 13.4. The van der Waals surface area contributed by atoms with Crippen LogP contribution in [0.2, 0.25) is 0 Å². The smallest absolute Gasteiger partial charge is 0.242 e. The van der Waals surface area contributed by atoms with Crippen LogP contribution in [0.5, 0.6) is 0 Å². The molecule has 1 aromatic carbocycles. The number of nitrogens with zero attached hydrogens (tertiary/aromatic N) is 1. The van der Waals surface area contributed by atoms with Gasteiger partial charge in [0.25, 0.3) is 0 Å². The summed E-state index contributed by atoms with van der Waals surface area (Å²) in [6.07, 6.45) is 4.39. The first-order valence-electron chi connectivity index (χ1n) is 4.15. The van der Waals surface area contributed by atoms with Crippen LogP contribution in [-0.4, -0.2) is 4.92 Å². The molecule has 70 valence electrons. The number of anilines is 1. The molecule has 0 saturated carbocycles. The second-order valence-electron chi connectivity index (χ2n) is 2.89. The highest BCUT2D eigenvalue weighted by atomic mass is 16.6. The third-order valence-corrected chi connectivity index (χ3v) is 1.98. The molecule has 1 aliphatic heterocycles. The Kier molecular flexibility index (Phi) is 2.02. The maximum Gasteiger partial charge on any atom is 0.242 e. The molecule has 0 aliphatic carbocycles. The number of rotatable bonds is 1. The van der Waals surface area contributed by atoms with Crippen LogP contribution in [0.1, 0.15) is 5.56 Å². The van der Waals surface area contributed by atoms with Crippen molar-refractivity contribution in [2.75, 3.05) is 5.32 Å². The molecule has 0 atom stereocenters. The maximum atomic E-state index is 10.4. The van der Waals surface area contributed by atoms with Crippen molar-refractivity contribution < 1.29 is 4.92 Å². The van der Waals surface area contributed by atoms with Crippen LogP contribution in [0, 0.1) is 10.1 Å². The Morgan fingerprint density at radius 3 is 2.93 bits per heavy atom. The van der Waals surface area contributed by atoms with E-state index in [1.807, 2.05) is 24.3 Å². The lowest BCUT2D eigenvalue weighted by atomic mass is 10.0. The van der Waals surface area contributed by atoms with Crippen molar-refractivity contribution >= 4 is 11.3 Å². The topological polar surface area (TPSA) is 55.2 Å². The first-order chi connectivity index (χ1) is 6.77. The summed E-state index contributed by atoms with van der Waals surface area (Å²) in [5.74, 6) is 0. The largest absolute Gasteiger partial charge is 0.361 e. The Hall–Kier alpha value is -2.10. The van der Waals surface area contributed by atoms with Crippen molar-refractivity contribution in [1.29, 1.82) is 0 Å². The van der Waals surface area contributed by atoms with E-state index in [9.17, 15) is 10.1 Å². The number of para-hydroxylation sites is 1. The summed E-state index contributed by atoms with van der Waals surface area (Å²) in [5.41, 5.74) is 2.36. The molecule has 14 heavy (non-hydrogen) atoms. The van der Waals surface area contributed by atoms with E-state index >= 15 is 0 Å². The summed E-state index contributed by atoms with van der Waals surface area (Å²) in [7, 11) is 0. The molecule has 0 spiro atoms. The van der Waals surface area contributed by atoms with E-state index < -0.39 is 4.92 Å². The minimum absolute atomic E-state index is 0.443. The molecule has 2 rings (SSSR count). The molecule has 0 fully saturated rings. The van der Waals surface area contributed by atoms with E-state index in [-0.39, 0.29) is 0 Å². The third kappa shape index (κ3) is 1.50. The number of nitrogens with one attached hydrogen (secondary N) is 1. The van der Waals surface area contributed by atoms with Gasteiger partial charge in [-0.25, -0.2) is 0 Å². The van der Waals surface area contributed by atoms with E-state index in [2.05, 4.69) is 5.32 Å². The predicted octanol–water partition coefficient (Wildman–Crippen LogP) is 2.24. The van der Waals surface area contributed by atoms with Gasteiger partial charge in [0.15, 0.2) is 0 Å².